The molecule has 0 radical (unpaired) electrons. The van der Waals surface area contributed by atoms with Gasteiger partial charge in [0.2, 0.25) is 0 Å². The second kappa shape index (κ2) is 3.48. The molecule has 1 unspecified atom stereocenters. The third kappa shape index (κ3) is 1.84. The molecule has 2 saturated carbocycles. The fourth-order valence-corrected chi connectivity index (χ4v) is 3.26. The van der Waals surface area contributed by atoms with Crippen molar-refractivity contribution in [2.24, 2.45) is 22.7 Å². The van der Waals surface area contributed by atoms with E-state index in [1.807, 2.05) is 0 Å². The number of hydrogen-bond donors (Lipinski definition) is 1. The molecule has 0 aromatic heterocycles. The van der Waals surface area contributed by atoms with Crippen LogP contribution in [0.15, 0.2) is 0 Å². The Hall–Kier alpha value is -0.0400. The summed E-state index contributed by atoms with van der Waals surface area (Å²) in [6.45, 7) is 13.2. The van der Waals surface area contributed by atoms with Crippen LogP contribution in [0.25, 0.3) is 0 Å². The predicted octanol–water partition coefficient (Wildman–Crippen LogP) is 3.45. The highest BCUT2D eigenvalue weighted by molar-refractivity contribution is 5.13. The molecule has 0 saturated heterocycles. The zero-order chi connectivity index (χ0) is 11.3. The predicted molar refractivity (Wildman–Crippen MR) is 65.9 cm³/mol. The number of hydrogen-bond acceptors (Lipinski definition) is 1. The summed E-state index contributed by atoms with van der Waals surface area (Å²) < 4.78 is 0. The lowest BCUT2D eigenvalue weighted by Crippen LogP contribution is -2.33. The van der Waals surface area contributed by atoms with Crippen LogP contribution >= 0.6 is 0 Å². The average Bonchev–Trinajstić information content (AvgIpc) is 3.00. The van der Waals surface area contributed by atoms with Gasteiger partial charge in [0.1, 0.15) is 0 Å². The van der Waals surface area contributed by atoms with Gasteiger partial charge in [-0.15, -0.1) is 0 Å². The molecule has 2 fully saturated rings. The maximum absolute atomic E-state index is 3.80. The molecule has 15 heavy (non-hydrogen) atoms. The molecule has 2 aliphatic rings. The van der Waals surface area contributed by atoms with Gasteiger partial charge in [0.25, 0.3) is 0 Å². The zero-order valence-electron chi connectivity index (χ0n) is 11.1. The van der Waals surface area contributed by atoms with Crippen molar-refractivity contribution in [1.82, 2.24) is 5.32 Å². The molecule has 0 aromatic rings. The Morgan fingerprint density at radius 3 is 2.00 bits per heavy atom. The molecule has 0 amide bonds. The SMILES string of the molecule is CCC(NCC1C(C)(C)C1(C)C)C1CC1. The molecular weight excluding hydrogens is 182 g/mol. The molecule has 0 aromatic carbocycles. The van der Waals surface area contributed by atoms with Crippen LogP contribution in [-0.4, -0.2) is 12.6 Å². The second-order valence-corrected chi connectivity index (χ2v) is 6.76. The largest absolute Gasteiger partial charge is 0.313 e. The Balaban J connectivity index is 1.79. The summed E-state index contributed by atoms with van der Waals surface area (Å²) in [7, 11) is 0. The summed E-state index contributed by atoms with van der Waals surface area (Å²) in [4.78, 5) is 0. The van der Waals surface area contributed by atoms with E-state index in [9.17, 15) is 0 Å². The first kappa shape index (κ1) is 11.4. The van der Waals surface area contributed by atoms with Gasteiger partial charge in [-0.2, -0.15) is 0 Å². The quantitative estimate of drug-likeness (QED) is 0.731. The van der Waals surface area contributed by atoms with Crippen LogP contribution < -0.4 is 5.32 Å². The summed E-state index contributed by atoms with van der Waals surface area (Å²) in [6, 6.07) is 0.803. The topological polar surface area (TPSA) is 12.0 Å². The minimum atomic E-state index is 0.543. The molecule has 1 heteroatoms. The minimum Gasteiger partial charge on any atom is -0.313 e. The fourth-order valence-electron chi connectivity index (χ4n) is 3.26. The van der Waals surface area contributed by atoms with E-state index in [0.29, 0.717) is 10.8 Å². The zero-order valence-corrected chi connectivity index (χ0v) is 11.1. The van der Waals surface area contributed by atoms with Crippen molar-refractivity contribution in [1.29, 1.82) is 0 Å². The molecule has 0 aliphatic heterocycles. The van der Waals surface area contributed by atoms with Crippen molar-refractivity contribution in [3.05, 3.63) is 0 Å². The maximum Gasteiger partial charge on any atom is 0.00928 e. The third-order valence-electron chi connectivity index (χ3n) is 5.53. The van der Waals surface area contributed by atoms with Crippen LogP contribution in [0.3, 0.4) is 0 Å². The lowest BCUT2D eigenvalue weighted by Gasteiger charge is -2.16. The van der Waals surface area contributed by atoms with E-state index in [4.69, 9.17) is 0 Å². The molecule has 0 heterocycles. The lowest BCUT2D eigenvalue weighted by molar-refractivity contribution is 0.416. The summed E-state index contributed by atoms with van der Waals surface area (Å²) in [5.41, 5.74) is 1.09. The molecule has 0 spiro atoms. The highest BCUT2D eigenvalue weighted by atomic mass is 15.0. The van der Waals surface area contributed by atoms with E-state index < -0.39 is 0 Å². The van der Waals surface area contributed by atoms with Crippen LogP contribution in [0.5, 0.6) is 0 Å². The van der Waals surface area contributed by atoms with Gasteiger partial charge < -0.3 is 5.32 Å². The van der Waals surface area contributed by atoms with Crippen LogP contribution in [0.4, 0.5) is 0 Å². The monoisotopic (exact) mass is 209 g/mol. The van der Waals surface area contributed by atoms with Gasteiger partial charge in [0.05, 0.1) is 0 Å². The highest BCUT2D eigenvalue weighted by Gasteiger charge is 2.64. The van der Waals surface area contributed by atoms with E-state index >= 15 is 0 Å². The first-order valence-electron chi connectivity index (χ1n) is 6.64. The Morgan fingerprint density at radius 2 is 1.67 bits per heavy atom. The standard InChI is InChI=1S/C14H27N/c1-6-11(10-7-8-10)15-9-12-13(2,3)14(12,4)5/h10-12,15H,6-9H2,1-5H3. The van der Waals surface area contributed by atoms with Gasteiger partial charge >= 0.3 is 0 Å². The van der Waals surface area contributed by atoms with Gasteiger partial charge in [-0.25, -0.2) is 0 Å². The molecule has 2 aliphatic carbocycles. The van der Waals surface area contributed by atoms with E-state index in [-0.39, 0.29) is 0 Å². The van der Waals surface area contributed by atoms with Crippen LogP contribution in [0, 0.1) is 22.7 Å². The highest BCUT2D eigenvalue weighted by Crippen LogP contribution is 2.68. The Morgan fingerprint density at radius 1 is 1.13 bits per heavy atom. The van der Waals surface area contributed by atoms with Crippen LogP contribution in [-0.2, 0) is 0 Å². The Labute approximate surface area is 95.0 Å². The maximum atomic E-state index is 3.80. The normalized spacial score (nSPS) is 30.2. The summed E-state index contributed by atoms with van der Waals surface area (Å²) in [5, 5.41) is 3.80. The van der Waals surface area contributed by atoms with E-state index in [0.717, 1.165) is 17.9 Å². The van der Waals surface area contributed by atoms with Gasteiger partial charge in [-0.05, 0) is 48.5 Å². The van der Waals surface area contributed by atoms with Gasteiger partial charge in [0, 0.05) is 6.04 Å². The second-order valence-electron chi connectivity index (χ2n) is 6.76. The van der Waals surface area contributed by atoms with Crippen molar-refractivity contribution in [3.8, 4) is 0 Å². The lowest BCUT2D eigenvalue weighted by atomic mass is 10.0. The van der Waals surface area contributed by atoms with E-state index in [1.54, 1.807) is 0 Å². The average molecular weight is 209 g/mol. The van der Waals surface area contributed by atoms with Crippen molar-refractivity contribution in [2.75, 3.05) is 6.54 Å². The van der Waals surface area contributed by atoms with Crippen LogP contribution in [0.2, 0.25) is 0 Å². The molecule has 1 nitrogen and oxygen atoms in total. The third-order valence-corrected chi connectivity index (χ3v) is 5.53. The molecular formula is C14H27N. The molecule has 0 bridgehead atoms. The van der Waals surface area contributed by atoms with Gasteiger partial charge in [-0.3, -0.25) is 0 Å². The number of rotatable bonds is 5. The van der Waals surface area contributed by atoms with Crippen LogP contribution in [0.1, 0.15) is 53.9 Å². The first-order chi connectivity index (χ1) is 6.91. The summed E-state index contributed by atoms with van der Waals surface area (Å²) in [6.07, 6.45) is 4.23. The van der Waals surface area contributed by atoms with E-state index in [1.165, 1.54) is 25.8 Å². The molecule has 1 N–H and O–H groups in total. The smallest absolute Gasteiger partial charge is 0.00928 e. The molecule has 88 valence electrons. The summed E-state index contributed by atoms with van der Waals surface area (Å²) in [5.74, 6) is 1.87. The van der Waals surface area contributed by atoms with Crippen molar-refractivity contribution in [2.45, 2.75) is 59.9 Å². The fraction of sp³-hybridized carbons (Fsp3) is 1.00. The van der Waals surface area contributed by atoms with Gasteiger partial charge in [0.15, 0.2) is 0 Å². The van der Waals surface area contributed by atoms with Gasteiger partial charge in [-0.1, -0.05) is 34.6 Å². The van der Waals surface area contributed by atoms with E-state index in [2.05, 4.69) is 39.9 Å². The first-order valence-corrected chi connectivity index (χ1v) is 6.64. The Kier molecular flexibility index (Phi) is 2.65. The molecule has 1 atom stereocenters. The number of nitrogens with one attached hydrogen (secondary N) is 1. The minimum absolute atomic E-state index is 0.543. The Bertz CT molecular complexity index is 224. The van der Waals surface area contributed by atoms with Crippen molar-refractivity contribution >= 4 is 0 Å². The van der Waals surface area contributed by atoms with Crippen molar-refractivity contribution < 1.29 is 0 Å². The summed E-state index contributed by atoms with van der Waals surface area (Å²) >= 11 is 0. The molecule has 2 rings (SSSR count). The van der Waals surface area contributed by atoms with Crippen molar-refractivity contribution in [3.63, 3.8) is 0 Å².